The summed E-state index contributed by atoms with van der Waals surface area (Å²) in [6.07, 6.45) is 1.68. The van der Waals surface area contributed by atoms with Crippen molar-refractivity contribution in [3.63, 3.8) is 0 Å². The zero-order valence-corrected chi connectivity index (χ0v) is 11.0. The standard InChI is InChI=1S/C14H17N3O2/c1-9(2)16-8-11-5-6-15-14(17-11)10-3-4-12(18)13(19)7-10/h3-7,9,16,18-19H,8H2,1-2H3. The normalized spacial score (nSPS) is 10.9. The molecule has 0 aliphatic rings. The molecule has 1 aromatic heterocycles. The van der Waals surface area contributed by atoms with E-state index in [0.29, 0.717) is 24.0 Å². The Labute approximate surface area is 112 Å². The van der Waals surface area contributed by atoms with Crippen molar-refractivity contribution in [1.82, 2.24) is 15.3 Å². The fourth-order valence-electron chi connectivity index (χ4n) is 1.60. The first-order valence-corrected chi connectivity index (χ1v) is 6.14. The first-order chi connectivity index (χ1) is 9.06. The number of nitrogens with zero attached hydrogens (tertiary/aromatic N) is 2. The van der Waals surface area contributed by atoms with Gasteiger partial charge in [-0.2, -0.15) is 0 Å². The molecule has 0 amide bonds. The van der Waals surface area contributed by atoms with Crippen LogP contribution >= 0.6 is 0 Å². The highest BCUT2D eigenvalue weighted by atomic mass is 16.3. The van der Waals surface area contributed by atoms with Crippen molar-refractivity contribution in [1.29, 1.82) is 0 Å². The maximum atomic E-state index is 9.49. The van der Waals surface area contributed by atoms with Gasteiger partial charge in [-0.3, -0.25) is 0 Å². The molecule has 0 aliphatic heterocycles. The third kappa shape index (κ3) is 3.42. The predicted octanol–water partition coefficient (Wildman–Crippen LogP) is 2.05. The van der Waals surface area contributed by atoms with E-state index in [0.717, 1.165) is 5.69 Å². The SMILES string of the molecule is CC(C)NCc1ccnc(-c2ccc(O)c(O)c2)n1. The van der Waals surface area contributed by atoms with Gasteiger partial charge in [-0.15, -0.1) is 0 Å². The van der Waals surface area contributed by atoms with Gasteiger partial charge in [0.1, 0.15) is 0 Å². The molecule has 0 aliphatic carbocycles. The summed E-state index contributed by atoms with van der Waals surface area (Å²) in [4.78, 5) is 8.60. The van der Waals surface area contributed by atoms with Crippen LogP contribution in [0.15, 0.2) is 30.5 Å². The minimum atomic E-state index is -0.174. The van der Waals surface area contributed by atoms with E-state index in [2.05, 4.69) is 29.1 Å². The number of aromatic hydroxyl groups is 2. The topological polar surface area (TPSA) is 78.3 Å². The molecular weight excluding hydrogens is 242 g/mol. The third-order valence-electron chi connectivity index (χ3n) is 2.64. The van der Waals surface area contributed by atoms with Crippen molar-refractivity contribution in [3.05, 3.63) is 36.2 Å². The molecule has 3 N–H and O–H groups in total. The van der Waals surface area contributed by atoms with Gasteiger partial charge in [-0.05, 0) is 24.3 Å². The highest BCUT2D eigenvalue weighted by Gasteiger charge is 2.06. The zero-order valence-electron chi connectivity index (χ0n) is 11.0. The van der Waals surface area contributed by atoms with Gasteiger partial charge in [0, 0.05) is 24.3 Å². The molecule has 0 atom stereocenters. The van der Waals surface area contributed by atoms with Crippen LogP contribution in [0.1, 0.15) is 19.5 Å². The van der Waals surface area contributed by atoms with Gasteiger partial charge < -0.3 is 15.5 Å². The van der Waals surface area contributed by atoms with E-state index >= 15 is 0 Å². The Bertz CT molecular complexity index is 570. The fourth-order valence-corrected chi connectivity index (χ4v) is 1.60. The monoisotopic (exact) mass is 259 g/mol. The summed E-state index contributed by atoms with van der Waals surface area (Å²) >= 11 is 0. The van der Waals surface area contributed by atoms with Gasteiger partial charge in [-0.1, -0.05) is 13.8 Å². The minimum absolute atomic E-state index is 0.152. The number of phenols is 2. The first-order valence-electron chi connectivity index (χ1n) is 6.14. The number of hydrogen-bond acceptors (Lipinski definition) is 5. The van der Waals surface area contributed by atoms with Gasteiger partial charge in [-0.25, -0.2) is 9.97 Å². The smallest absolute Gasteiger partial charge is 0.159 e. The van der Waals surface area contributed by atoms with Crippen LogP contribution in [0.4, 0.5) is 0 Å². The van der Waals surface area contributed by atoms with Crippen molar-refractivity contribution in [2.45, 2.75) is 26.4 Å². The molecule has 1 heterocycles. The van der Waals surface area contributed by atoms with Gasteiger partial charge in [0.25, 0.3) is 0 Å². The van der Waals surface area contributed by atoms with Crippen LogP contribution in [0.3, 0.4) is 0 Å². The highest BCUT2D eigenvalue weighted by molar-refractivity contribution is 5.60. The number of aromatic nitrogens is 2. The van der Waals surface area contributed by atoms with Gasteiger partial charge in [0.2, 0.25) is 0 Å². The van der Waals surface area contributed by atoms with E-state index in [4.69, 9.17) is 0 Å². The summed E-state index contributed by atoms with van der Waals surface area (Å²) in [5, 5.41) is 22.1. The Morgan fingerprint density at radius 1 is 1.16 bits per heavy atom. The molecule has 100 valence electrons. The number of rotatable bonds is 4. The molecule has 1 aromatic carbocycles. The summed E-state index contributed by atoms with van der Waals surface area (Å²) in [7, 11) is 0. The lowest BCUT2D eigenvalue weighted by Gasteiger charge is -2.08. The second-order valence-corrected chi connectivity index (χ2v) is 4.61. The van der Waals surface area contributed by atoms with Crippen LogP contribution in [0.2, 0.25) is 0 Å². The van der Waals surface area contributed by atoms with Gasteiger partial charge >= 0.3 is 0 Å². The van der Waals surface area contributed by atoms with E-state index in [1.807, 2.05) is 6.07 Å². The minimum Gasteiger partial charge on any atom is -0.504 e. The molecular formula is C14H17N3O2. The van der Waals surface area contributed by atoms with Crippen LogP contribution in [0.25, 0.3) is 11.4 Å². The summed E-state index contributed by atoms with van der Waals surface area (Å²) in [5.74, 6) is 0.201. The highest BCUT2D eigenvalue weighted by Crippen LogP contribution is 2.28. The Morgan fingerprint density at radius 2 is 1.95 bits per heavy atom. The first kappa shape index (κ1) is 13.3. The molecule has 2 rings (SSSR count). The predicted molar refractivity (Wildman–Crippen MR) is 72.8 cm³/mol. The van der Waals surface area contributed by atoms with Crippen molar-refractivity contribution >= 4 is 0 Å². The maximum absolute atomic E-state index is 9.49. The molecule has 5 heteroatoms. The molecule has 0 fully saturated rings. The lowest BCUT2D eigenvalue weighted by atomic mass is 10.2. The average Bonchev–Trinajstić information content (AvgIpc) is 2.40. The summed E-state index contributed by atoms with van der Waals surface area (Å²) < 4.78 is 0. The lowest BCUT2D eigenvalue weighted by molar-refractivity contribution is 0.404. The Balaban J connectivity index is 2.24. The van der Waals surface area contributed by atoms with Gasteiger partial charge in [0.05, 0.1) is 5.69 Å². The summed E-state index contributed by atoms with van der Waals surface area (Å²) in [6, 6.07) is 6.77. The van der Waals surface area contributed by atoms with E-state index in [1.165, 1.54) is 12.1 Å². The molecule has 0 bridgehead atoms. The zero-order chi connectivity index (χ0) is 13.8. The van der Waals surface area contributed by atoms with Crippen molar-refractivity contribution in [3.8, 4) is 22.9 Å². The van der Waals surface area contributed by atoms with E-state index in [1.54, 1.807) is 12.3 Å². The van der Waals surface area contributed by atoms with Crippen LogP contribution < -0.4 is 5.32 Å². The van der Waals surface area contributed by atoms with Crippen molar-refractivity contribution in [2.75, 3.05) is 0 Å². The molecule has 2 aromatic rings. The largest absolute Gasteiger partial charge is 0.504 e. The molecule has 0 saturated heterocycles. The number of benzene rings is 1. The Kier molecular flexibility index (Phi) is 3.97. The van der Waals surface area contributed by atoms with Crippen LogP contribution in [-0.4, -0.2) is 26.2 Å². The quantitative estimate of drug-likeness (QED) is 0.732. The number of phenolic OH excluding ortho intramolecular Hbond substituents is 2. The Morgan fingerprint density at radius 3 is 2.63 bits per heavy atom. The molecule has 0 saturated carbocycles. The second-order valence-electron chi connectivity index (χ2n) is 4.61. The fraction of sp³-hybridized carbons (Fsp3) is 0.286. The van der Waals surface area contributed by atoms with Crippen LogP contribution in [0.5, 0.6) is 11.5 Å². The van der Waals surface area contributed by atoms with Crippen LogP contribution in [0, 0.1) is 0 Å². The van der Waals surface area contributed by atoms with Gasteiger partial charge in [0.15, 0.2) is 17.3 Å². The number of nitrogens with one attached hydrogen (secondary N) is 1. The Hall–Kier alpha value is -2.14. The van der Waals surface area contributed by atoms with E-state index in [-0.39, 0.29) is 11.5 Å². The van der Waals surface area contributed by atoms with E-state index < -0.39 is 0 Å². The summed E-state index contributed by atoms with van der Waals surface area (Å²) in [5.41, 5.74) is 1.55. The molecule has 19 heavy (non-hydrogen) atoms. The second kappa shape index (κ2) is 5.67. The molecule has 5 nitrogen and oxygen atoms in total. The van der Waals surface area contributed by atoms with E-state index in [9.17, 15) is 10.2 Å². The summed E-state index contributed by atoms with van der Waals surface area (Å²) in [6.45, 7) is 4.80. The number of hydrogen-bond donors (Lipinski definition) is 3. The van der Waals surface area contributed by atoms with Crippen molar-refractivity contribution in [2.24, 2.45) is 0 Å². The maximum Gasteiger partial charge on any atom is 0.159 e. The molecule has 0 radical (unpaired) electrons. The third-order valence-corrected chi connectivity index (χ3v) is 2.64. The van der Waals surface area contributed by atoms with Crippen molar-refractivity contribution < 1.29 is 10.2 Å². The lowest BCUT2D eigenvalue weighted by Crippen LogP contribution is -2.22. The molecule has 0 spiro atoms. The molecule has 0 unspecified atom stereocenters. The van der Waals surface area contributed by atoms with Crippen LogP contribution in [-0.2, 0) is 6.54 Å². The average molecular weight is 259 g/mol.